The molecule has 0 atom stereocenters. The highest BCUT2D eigenvalue weighted by molar-refractivity contribution is 6.30. The molecule has 4 aromatic rings. The minimum atomic E-state index is -0.399. The number of hydrogen-bond acceptors (Lipinski definition) is 5. The standard InChI is InChI=1S/C24H18ClNO5/c1-29-19-12-9-15(13-20(19)30-2)22(27)23-21(17-5-3-4-6-18(17)31-23)26-24(28)14-7-10-16(25)11-8-14/h3-13H,1-2H3,(H,26,28). The van der Waals surface area contributed by atoms with Crippen LogP contribution in [0.25, 0.3) is 11.0 Å². The van der Waals surface area contributed by atoms with Crippen LogP contribution in [0.4, 0.5) is 5.69 Å². The van der Waals surface area contributed by atoms with E-state index in [4.69, 9.17) is 25.5 Å². The van der Waals surface area contributed by atoms with Crippen LogP contribution in [-0.2, 0) is 0 Å². The van der Waals surface area contributed by atoms with Gasteiger partial charge in [-0.1, -0.05) is 23.7 Å². The van der Waals surface area contributed by atoms with Crippen LogP contribution in [0, 0.1) is 0 Å². The van der Waals surface area contributed by atoms with E-state index >= 15 is 0 Å². The first-order chi connectivity index (χ1) is 15.0. The number of carbonyl (C=O) groups excluding carboxylic acids is 2. The Balaban J connectivity index is 1.77. The molecule has 0 fully saturated rings. The van der Waals surface area contributed by atoms with Crippen molar-refractivity contribution in [3.8, 4) is 11.5 Å². The minimum absolute atomic E-state index is 0.0238. The third-order valence-electron chi connectivity index (χ3n) is 4.79. The molecular formula is C24H18ClNO5. The summed E-state index contributed by atoms with van der Waals surface area (Å²) in [6.07, 6.45) is 0. The lowest BCUT2D eigenvalue weighted by atomic mass is 10.1. The van der Waals surface area contributed by atoms with Crippen molar-refractivity contribution < 1.29 is 23.5 Å². The summed E-state index contributed by atoms with van der Waals surface area (Å²) < 4.78 is 16.4. The number of amides is 1. The number of nitrogens with one attached hydrogen (secondary N) is 1. The predicted octanol–water partition coefficient (Wildman–Crippen LogP) is 5.59. The van der Waals surface area contributed by atoms with Gasteiger partial charge in [0.05, 0.1) is 19.9 Å². The Labute approximate surface area is 183 Å². The number of rotatable bonds is 6. The summed E-state index contributed by atoms with van der Waals surface area (Å²) in [5, 5.41) is 3.96. The molecule has 1 aromatic heterocycles. The number of benzene rings is 3. The van der Waals surface area contributed by atoms with E-state index in [9.17, 15) is 9.59 Å². The summed E-state index contributed by atoms with van der Waals surface area (Å²) in [5.41, 5.74) is 1.52. The van der Waals surface area contributed by atoms with Crippen molar-refractivity contribution >= 4 is 39.9 Å². The zero-order chi connectivity index (χ0) is 22.0. The maximum atomic E-state index is 13.3. The highest BCUT2D eigenvalue weighted by Crippen LogP contribution is 2.35. The highest BCUT2D eigenvalue weighted by Gasteiger charge is 2.24. The second kappa shape index (κ2) is 8.53. The Hall–Kier alpha value is -3.77. The molecule has 0 saturated heterocycles. The predicted molar refractivity (Wildman–Crippen MR) is 119 cm³/mol. The van der Waals surface area contributed by atoms with Crippen molar-refractivity contribution in [2.75, 3.05) is 19.5 Å². The molecule has 1 heterocycles. The molecule has 31 heavy (non-hydrogen) atoms. The monoisotopic (exact) mass is 435 g/mol. The number of anilines is 1. The van der Waals surface area contributed by atoms with E-state index in [-0.39, 0.29) is 11.7 Å². The van der Waals surface area contributed by atoms with Crippen molar-refractivity contribution in [1.29, 1.82) is 0 Å². The largest absolute Gasteiger partial charge is 0.493 e. The molecule has 0 saturated carbocycles. The zero-order valence-electron chi connectivity index (χ0n) is 16.8. The smallest absolute Gasteiger partial charge is 0.255 e. The topological polar surface area (TPSA) is 77.8 Å². The summed E-state index contributed by atoms with van der Waals surface area (Å²) in [5.74, 6) is 0.153. The number of para-hydroxylation sites is 1. The average Bonchev–Trinajstić information content (AvgIpc) is 3.16. The summed E-state index contributed by atoms with van der Waals surface area (Å²) in [6, 6.07) is 18.4. The molecule has 6 nitrogen and oxygen atoms in total. The Kier molecular flexibility index (Phi) is 5.64. The molecule has 1 amide bonds. The molecule has 0 radical (unpaired) electrons. The number of fused-ring (bicyclic) bond motifs is 1. The van der Waals surface area contributed by atoms with E-state index in [0.29, 0.717) is 44.3 Å². The molecule has 0 aliphatic rings. The lowest BCUT2D eigenvalue weighted by Gasteiger charge is -2.09. The number of furan rings is 1. The van der Waals surface area contributed by atoms with E-state index < -0.39 is 5.78 Å². The van der Waals surface area contributed by atoms with E-state index in [1.54, 1.807) is 66.7 Å². The van der Waals surface area contributed by atoms with Gasteiger partial charge in [0.2, 0.25) is 5.78 Å². The molecule has 7 heteroatoms. The molecule has 0 unspecified atom stereocenters. The average molecular weight is 436 g/mol. The first kappa shape index (κ1) is 20.5. The molecule has 1 N–H and O–H groups in total. The molecule has 0 spiro atoms. The molecule has 0 aliphatic carbocycles. The number of ketones is 1. The van der Waals surface area contributed by atoms with Crippen LogP contribution in [0.2, 0.25) is 5.02 Å². The van der Waals surface area contributed by atoms with Crippen molar-refractivity contribution in [2.45, 2.75) is 0 Å². The summed E-state index contributed by atoms with van der Waals surface area (Å²) in [6.45, 7) is 0. The molecule has 156 valence electrons. The van der Waals surface area contributed by atoms with Gasteiger partial charge >= 0.3 is 0 Å². The molecule has 3 aromatic carbocycles. The number of carbonyl (C=O) groups is 2. The van der Waals surface area contributed by atoms with E-state index in [2.05, 4.69) is 5.32 Å². The maximum Gasteiger partial charge on any atom is 0.255 e. The summed E-state index contributed by atoms with van der Waals surface area (Å²) >= 11 is 5.91. The number of halogens is 1. The van der Waals surface area contributed by atoms with Crippen LogP contribution >= 0.6 is 11.6 Å². The fourth-order valence-electron chi connectivity index (χ4n) is 3.22. The van der Waals surface area contributed by atoms with Gasteiger partial charge in [0.15, 0.2) is 17.3 Å². The fourth-order valence-corrected chi connectivity index (χ4v) is 3.35. The van der Waals surface area contributed by atoms with Gasteiger partial charge in [0, 0.05) is 21.5 Å². The minimum Gasteiger partial charge on any atom is -0.493 e. The Morgan fingerprint density at radius 3 is 2.26 bits per heavy atom. The van der Waals surface area contributed by atoms with Crippen molar-refractivity contribution in [3.63, 3.8) is 0 Å². The highest BCUT2D eigenvalue weighted by atomic mass is 35.5. The van der Waals surface area contributed by atoms with Gasteiger partial charge in [0.25, 0.3) is 5.91 Å². The third kappa shape index (κ3) is 3.98. The van der Waals surface area contributed by atoms with Crippen LogP contribution in [0.15, 0.2) is 71.1 Å². The lowest BCUT2D eigenvalue weighted by molar-refractivity contribution is 0.101. The molecular weight excluding hydrogens is 418 g/mol. The molecule has 0 aliphatic heterocycles. The fraction of sp³-hybridized carbons (Fsp3) is 0.0833. The first-order valence-electron chi connectivity index (χ1n) is 9.37. The van der Waals surface area contributed by atoms with Gasteiger partial charge in [0.1, 0.15) is 5.58 Å². The molecule has 4 rings (SSSR count). The van der Waals surface area contributed by atoms with Crippen LogP contribution < -0.4 is 14.8 Å². The van der Waals surface area contributed by atoms with Crippen LogP contribution in [-0.4, -0.2) is 25.9 Å². The summed E-state index contributed by atoms with van der Waals surface area (Å²) in [7, 11) is 3.01. The normalized spacial score (nSPS) is 10.7. The quantitative estimate of drug-likeness (QED) is 0.399. The Morgan fingerprint density at radius 2 is 1.55 bits per heavy atom. The second-order valence-corrected chi connectivity index (χ2v) is 7.10. The SMILES string of the molecule is COc1ccc(C(=O)c2oc3ccccc3c2NC(=O)c2ccc(Cl)cc2)cc1OC. The maximum absolute atomic E-state index is 13.3. The van der Waals surface area contributed by atoms with Crippen LogP contribution in [0.3, 0.4) is 0 Å². The zero-order valence-corrected chi connectivity index (χ0v) is 17.5. The number of ether oxygens (including phenoxy) is 2. The van der Waals surface area contributed by atoms with Gasteiger partial charge in [-0.2, -0.15) is 0 Å². The molecule has 0 bridgehead atoms. The van der Waals surface area contributed by atoms with Crippen LogP contribution in [0.1, 0.15) is 26.5 Å². The van der Waals surface area contributed by atoms with Crippen molar-refractivity contribution in [3.05, 3.63) is 88.6 Å². The second-order valence-electron chi connectivity index (χ2n) is 6.66. The van der Waals surface area contributed by atoms with Gasteiger partial charge in [-0.15, -0.1) is 0 Å². The van der Waals surface area contributed by atoms with Crippen LogP contribution in [0.5, 0.6) is 11.5 Å². The van der Waals surface area contributed by atoms with E-state index in [1.807, 2.05) is 0 Å². The third-order valence-corrected chi connectivity index (χ3v) is 5.04. The first-order valence-corrected chi connectivity index (χ1v) is 9.74. The Bertz CT molecular complexity index is 1280. The van der Waals surface area contributed by atoms with Gasteiger partial charge in [-0.05, 0) is 54.6 Å². The van der Waals surface area contributed by atoms with Crippen molar-refractivity contribution in [1.82, 2.24) is 0 Å². The van der Waals surface area contributed by atoms with Crippen molar-refractivity contribution in [2.24, 2.45) is 0 Å². The lowest BCUT2D eigenvalue weighted by Crippen LogP contribution is -2.14. The Morgan fingerprint density at radius 1 is 0.871 bits per heavy atom. The van der Waals surface area contributed by atoms with E-state index in [1.165, 1.54) is 14.2 Å². The van der Waals surface area contributed by atoms with Gasteiger partial charge < -0.3 is 19.2 Å². The number of hydrogen-bond donors (Lipinski definition) is 1. The summed E-state index contributed by atoms with van der Waals surface area (Å²) in [4.78, 5) is 26.1. The number of methoxy groups -OCH3 is 2. The van der Waals surface area contributed by atoms with Gasteiger partial charge in [-0.25, -0.2) is 0 Å². The van der Waals surface area contributed by atoms with E-state index in [0.717, 1.165) is 0 Å². The van der Waals surface area contributed by atoms with Gasteiger partial charge in [-0.3, -0.25) is 9.59 Å².